The number of rotatable bonds is 0. The van der Waals surface area contributed by atoms with Gasteiger partial charge >= 0.3 is 0 Å². The summed E-state index contributed by atoms with van der Waals surface area (Å²) >= 11 is 0. The first-order chi connectivity index (χ1) is 5.48. The molecule has 2 aliphatic carbocycles. The van der Waals surface area contributed by atoms with Crippen LogP contribution in [-0.4, -0.2) is 5.54 Å². The van der Waals surface area contributed by atoms with Crippen LogP contribution in [0.4, 0.5) is 0 Å². The SMILES string of the molecule is CC(C)(C)C1(N)C2CCCCC21. The Kier molecular flexibility index (Phi) is 1.61. The average Bonchev–Trinajstić information content (AvgIpc) is 2.59. The Morgan fingerprint density at radius 2 is 1.50 bits per heavy atom. The van der Waals surface area contributed by atoms with E-state index in [4.69, 9.17) is 5.73 Å². The van der Waals surface area contributed by atoms with Crippen molar-refractivity contribution in [3.05, 3.63) is 0 Å². The van der Waals surface area contributed by atoms with Crippen molar-refractivity contribution in [2.45, 2.75) is 52.0 Å². The van der Waals surface area contributed by atoms with E-state index in [1.54, 1.807) is 0 Å². The van der Waals surface area contributed by atoms with Gasteiger partial charge in [-0.15, -0.1) is 0 Å². The molecule has 0 amide bonds. The van der Waals surface area contributed by atoms with Crippen molar-refractivity contribution in [2.24, 2.45) is 23.0 Å². The van der Waals surface area contributed by atoms with Crippen LogP contribution >= 0.6 is 0 Å². The molecule has 2 rings (SSSR count). The molecule has 2 atom stereocenters. The molecule has 2 fully saturated rings. The smallest absolute Gasteiger partial charge is 0.0267 e. The van der Waals surface area contributed by atoms with Crippen LogP contribution in [0.1, 0.15) is 46.5 Å². The third-order valence-corrected chi connectivity index (χ3v) is 4.18. The monoisotopic (exact) mass is 167 g/mol. The van der Waals surface area contributed by atoms with Crippen LogP contribution in [0.5, 0.6) is 0 Å². The largest absolute Gasteiger partial charge is 0.324 e. The van der Waals surface area contributed by atoms with Gasteiger partial charge in [-0.1, -0.05) is 33.6 Å². The first kappa shape index (κ1) is 8.55. The molecule has 12 heavy (non-hydrogen) atoms. The molecule has 2 N–H and O–H groups in total. The van der Waals surface area contributed by atoms with E-state index in [1.165, 1.54) is 25.7 Å². The summed E-state index contributed by atoms with van der Waals surface area (Å²) in [5.41, 5.74) is 6.97. The van der Waals surface area contributed by atoms with E-state index in [0.29, 0.717) is 5.41 Å². The highest BCUT2D eigenvalue weighted by Gasteiger charge is 2.66. The fourth-order valence-corrected chi connectivity index (χ4v) is 3.28. The Balaban J connectivity index is 2.15. The minimum atomic E-state index is 0.184. The molecule has 0 aromatic rings. The van der Waals surface area contributed by atoms with E-state index in [1.807, 2.05) is 0 Å². The lowest BCUT2D eigenvalue weighted by atomic mass is 9.82. The van der Waals surface area contributed by atoms with E-state index in [2.05, 4.69) is 20.8 Å². The van der Waals surface area contributed by atoms with Crippen molar-refractivity contribution in [1.82, 2.24) is 0 Å². The maximum Gasteiger partial charge on any atom is 0.0267 e. The summed E-state index contributed by atoms with van der Waals surface area (Å²) in [5, 5.41) is 0. The van der Waals surface area contributed by atoms with Crippen molar-refractivity contribution < 1.29 is 0 Å². The normalized spacial score (nSPS) is 47.0. The Bertz CT molecular complexity index is 178. The summed E-state index contributed by atoms with van der Waals surface area (Å²) in [4.78, 5) is 0. The quantitative estimate of drug-likeness (QED) is 0.589. The summed E-state index contributed by atoms with van der Waals surface area (Å²) < 4.78 is 0. The summed E-state index contributed by atoms with van der Waals surface area (Å²) in [7, 11) is 0. The van der Waals surface area contributed by atoms with Crippen LogP contribution in [0, 0.1) is 17.3 Å². The van der Waals surface area contributed by atoms with Gasteiger partial charge in [0.1, 0.15) is 0 Å². The third-order valence-electron chi connectivity index (χ3n) is 4.18. The number of hydrogen-bond acceptors (Lipinski definition) is 1. The van der Waals surface area contributed by atoms with E-state index < -0.39 is 0 Å². The van der Waals surface area contributed by atoms with Gasteiger partial charge in [-0.25, -0.2) is 0 Å². The summed E-state index contributed by atoms with van der Waals surface area (Å²) in [6.07, 6.45) is 5.60. The van der Waals surface area contributed by atoms with E-state index in [9.17, 15) is 0 Å². The predicted molar refractivity (Wildman–Crippen MR) is 51.8 cm³/mol. The van der Waals surface area contributed by atoms with Crippen molar-refractivity contribution in [2.75, 3.05) is 0 Å². The van der Waals surface area contributed by atoms with Gasteiger partial charge in [-0.3, -0.25) is 0 Å². The molecule has 0 aliphatic heterocycles. The highest BCUT2D eigenvalue weighted by molar-refractivity contribution is 5.21. The molecule has 0 spiro atoms. The number of fused-ring (bicyclic) bond motifs is 1. The van der Waals surface area contributed by atoms with Gasteiger partial charge < -0.3 is 5.73 Å². The first-order valence-corrected chi connectivity index (χ1v) is 5.27. The minimum Gasteiger partial charge on any atom is -0.324 e. The molecule has 0 radical (unpaired) electrons. The number of hydrogen-bond donors (Lipinski definition) is 1. The zero-order valence-electron chi connectivity index (χ0n) is 8.56. The second-order valence-corrected chi connectivity index (χ2v) is 5.68. The molecule has 2 saturated carbocycles. The van der Waals surface area contributed by atoms with Gasteiger partial charge in [0.2, 0.25) is 0 Å². The molecule has 0 bridgehead atoms. The molecule has 0 saturated heterocycles. The molecule has 2 aliphatic rings. The third kappa shape index (κ3) is 0.891. The van der Waals surface area contributed by atoms with Gasteiger partial charge in [-0.2, -0.15) is 0 Å². The summed E-state index contributed by atoms with van der Waals surface area (Å²) in [6.45, 7) is 6.89. The van der Waals surface area contributed by atoms with Crippen LogP contribution < -0.4 is 5.73 Å². The van der Waals surface area contributed by atoms with Gasteiger partial charge in [0, 0.05) is 5.54 Å². The maximum atomic E-state index is 6.47. The van der Waals surface area contributed by atoms with E-state index >= 15 is 0 Å². The van der Waals surface area contributed by atoms with Crippen molar-refractivity contribution >= 4 is 0 Å². The fourth-order valence-electron chi connectivity index (χ4n) is 3.28. The van der Waals surface area contributed by atoms with Crippen molar-refractivity contribution in [1.29, 1.82) is 0 Å². The van der Waals surface area contributed by atoms with Gasteiger partial charge in [0.25, 0.3) is 0 Å². The van der Waals surface area contributed by atoms with Crippen LogP contribution in [0.25, 0.3) is 0 Å². The average molecular weight is 167 g/mol. The molecule has 70 valence electrons. The zero-order valence-corrected chi connectivity index (χ0v) is 8.56. The van der Waals surface area contributed by atoms with E-state index in [0.717, 1.165) is 11.8 Å². The molecular formula is C11H21N. The highest BCUT2D eigenvalue weighted by Crippen LogP contribution is 2.63. The second-order valence-electron chi connectivity index (χ2n) is 5.68. The van der Waals surface area contributed by atoms with Crippen LogP contribution in [0.3, 0.4) is 0 Å². The van der Waals surface area contributed by atoms with Gasteiger partial charge in [0.15, 0.2) is 0 Å². The topological polar surface area (TPSA) is 26.0 Å². The maximum absolute atomic E-state index is 6.47. The highest BCUT2D eigenvalue weighted by atomic mass is 14.9. The van der Waals surface area contributed by atoms with Crippen LogP contribution in [-0.2, 0) is 0 Å². The molecule has 1 nitrogen and oxygen atoms in total. The van der Waals surface area contributed by atoms with Gasteiger partial charge in [0.05, 0.1) is 0 Å². The minimum absolute atomic E-state index is 0.184. The standard InChI is InChI=1S/C11H21N/c1-10(2,3)11(12)8-6-4-5-7-9(8)11/h8-9H,4-7,12H2,1-3H3. The van der Waals surface area contributed by atoms with Gasteiger partial charge in [-0.05, 0) is 30.1 Å². The molecule has 1 heteroatoms. The Morgan fingerprint density at radius 1 is 1.08 bits per heavy atom. The lowest BCUT2D eigenvalue weighted by Gasteiger charge is -2.29. The summed E-state index contributed by atoms with van der Waals surface area (Å²) in [5.74, 6) is 1.71. The lowest BCUT2D eigenvalue weighted by Crippen LogP contribution is -2.41. The molecular weight excluding hydrogens is 146 g/mol. The van der Waals surface area contributed by atoms with Crippen molar-refractivity contribution in [3.8, 4) is 0 Å². The lowest BCUT2D eigenvalue weighted by molar-refractivity contribution is 0.267. The van der Waals surface area contributed by atoms with Crippen LogP contribution in [0.15, 0.2) is 0 Å². The predicted octanol–water partition coefficient (Wildman–Crippen LogP) is 2.55. The van der Waals surface area contributed by atoms with E-state index in [-0.39, 0.29) is 5.54 Å². The molecule has 0 aromatic carbocycles. The first-order valence-electron chi connectivity index (χ1n) is 5.27. The zero-order chi connectivity index (χ0) is 8.98. The second kappa shape index (κ2) is 2.25. The Labute approximate surface area is 75.7 Å². The summed E-state index contributed by atoms with van der Waals surface area (Å²) in [6, 6.07) is 0. The van der Waals surface area contributed by atoms with Crippen LogP contribution in [0.2, 0.25) is 0 Å². The number of nitrogens with two attached hydrogens (primary N) is 1. The Hall–Kier alpha value is -0.0400. The molecule has 2 unspecified atom stereocenters. The fraction of sp³-hybridized carbons (Fsp3) is 1.00. The van der Waals surface area contributed by atoms with Crippen molar-refractivity contribution in [3.63, 3.8) is 0 Å². The Morgan fingerprint density at radius 3 is 1.83 bits per heavy atom. The molecule has 0 aromatic heterocycles. The molecule has 0 heterocycles.